The highest BCUT2D eigenvalue weighted by Crippen LogP contribution is 2.40. The number of nitrogens with zero attached hydrogens (tertiary/aromatic N) is 10. The molecule has 0 radical (unpaired) electrons. The second kappa shape index (κ2) is 28.0. The van der Waals surface area contributed by atoms with Crippen molar-refractivity contribution in [1.29, 1.82) is 0 Å². The summed E-state index contributed by atoms with van der Waals surface area (Å²) in [6.07, 6.45) is 7.92. The summed E-state index contributed by atoms with van der Waals surface area (Å²) >= 11 is 0. The molecule has 0 aliphatic carbocycles. The number of fused-ring (bicyclic) bond motifs is 2. The first-order valence-electron chi connectivity index (χ1n) is 26.7. The van der Waals surface area contributed by atoms with Crippen molar-refractivity contribution < 1.29 is 41.0 Å². The normalized spacial score (nSPS) is 16.0. The Bertz CT molecular complexity index is 2810. The number of anilines is 4. The molecule has 21 heteroatoms. The molecule has 4 aliphatic rings. The van der Waals surface area contributed by atoms with E-state index in [2.05, 4.69) is 34.7 Å². The fourth-order valence-electron chi connectivity index (χ4n) is 9.62. The number of amides is 2. The van der Waals surface area contributed by atoms with E-state index < -0.39 is 18.7 Å². The molecule has 76 heavy (non-hydrogen) atoms. The fraction of sp³-hybridized carbons (Fsp3) is 0.527. The monoisotopic (exact) mass is 1060 g/mol. The number of alkyl halides is 4. The van der Waals surface area contributed by atoms with Crippen molar-refractivity contribution >= 4 is 35.3 Å². The van der Waals surface area contributed by atoms with Crippen LogP contribution in [0.1, 0.15) is 146 Å². The van der Waals surface area contributed by atoms with Gasteiger partial charge < -0.3 is 29.9 Å². The molecule has 10 rings (SSSR count). The predicted molar refractivity (Wildman–Crippen MR) is 285 cm³/mol. The van der Waals surface area contributed by atoms with E-state index >= 15 is 4.39 Å². The van der Waals surface area contributed by atoms with Gasteiger partial charge in [-0.1, -0.05) is 61.0 Å². The standard InChI is InChI=1S/C26H31F3N6O2.C22H24F2N6O2.C3H8.2C2H6/c1-3-4-24(36)34-8-5-23-20(15-34)26(32-35(23)17-6-9-37-10-7-17)31-22-12-19(25(28)29)18(11-21(22)27)16-13-30-33(2)14-16;1-28-10-14(9-25-28)17-3-2-15(8-18(17)21(23)24)26-22-19-11-29(13-31)6-4-20(19)30(27-22)16-5-7-32-12-16;1-3-2;2*1-2/h11-14,17,25H,3-10,15H2,1-2H3,(H,31,32);2-3,8-10,13,16,21H,4-7,11-12H2,1H3,(H,26,27);3H2,1-2H3;2*1-2H3. The van der Waals surface area contributed by atoms with Gasteiger partial charge in [-0.25, -0.2) is 22.0 Å². The Morgan fingerprint density at radius 1 is 0.737 bits per heavy atom. The molecule has 2 amide bonds. The number of hydrogen-bond donors (Lipinski definition) is 2. The van der Waals surface area contributed by atoms with Crippen LogP contribution in [0.2, 0.25) is 0 Å². The topological polar surface area (TPSA) is 154 Å². The molecular formula is C55H75F5N12O4. The van der Waals surface area contributed by atoms with Gasteiger partial charge in [0.05, 0.1) is 49.9 Å². The van der Waals surface area contributed by atoms with Crippen LogP contribution in [0.25, 0.3) is 22.3 Å². The first-order valence-corrected chi connectivity index (χ1v) is 26.7. The molecular weight excluding hydrogens is 988 g/mol. The molecule has 16 nitrogen and oxygen atoms in total. The molecule has 6 aromatic rings. The molecule has 0 spiro atoms. The van der Waals surface area contributed by atoms with Crippen LogP contribution < -0.4 is 10.6 Å². The van der Waals surface area contributed by atoms with Gasteiger partial charge in [0.25, 0.3) is 12.9 Å². The van der Waals surface area contributed by atoms with Crippen molar-refractivity contribution in [3.63, 3.8) is 0 Å². The van der Waals surface area contributed by atoms with Crippen molar-refractivity contribution in [2.75, 3.05) is 50.2 Å². The summed E-state index contributed by atoms with van der Waals surface area (Å²) in [5, 5.41) is 23.9. The maximum Gasteiger partial charge on any atom is 0.264 e. The third-order valence-electron chi connectivity index (χ3n) is 13.2. The average molecular weight is 1060 g/mol. The third kappa shape index (κ3) is 13.9. The molecule has 2 saturated heterocycles. The van der Waals surface area contributed by atoms with Crippen LogP contribution in [0.15, 0.2) is 55.1 Å². The molecule has 2 fully saturated rings. The van der Waals surface area contributed by atoms with E-state index in [0.29, 0.717) is 106 Å². The quantitative estimate of drug-likeness (QED) is 0.0844. The van der Waals surface area contributed by atoms with Crippen LogP contribution in [-0.4, -0.2) is 101 Å². The second-order valence-electron chi connectivity index (χ2n) is 18.5. The Morgan fingerprint density at radius 3 is 1.86 bits per heavy atom. The minimum Gasteiger partial charge on any atom is -0.381 e. The van der Waals surface area contributed by atoms with Crippen LogP contribution in [-0.2, 0) is 59.1 Å². The highest BCUT2D eigenvalue weighted by molar-refractivity contribution is 5.77. The highest BCUT2D eigenvalue weighted by atomic mass is 19.3. The Balaban J connectivity index is 0.000000223. The average Bonchev–Trinajstić information content (AvgIpc) is 4.32. The van der Waals surface area contributed by atoms with Crippen LogP contribution in [0, 0.1) is 5.82 Å². The number of carbonyl (C=O) groups excluding carboxylic acids is 2. The summed E-state index contributed by atoms with van der Waals surface area (Å²) in [6.45, 7) is 18.8. The molecule has 1 unspecified atom stereocenters. The van der Waals surface area contributed by atoms with Gasteiger partial charge in [0.1, 0.15) is 5.82 Å². The lowest BCUT2D eigenvalue weighted by Crippen LogP contribution is -2.36. The first kappa shape index (κ1) is 58.6. The minimum atomic E-state index is -2.81. The zero-order chi connectivity index (χ0) is 55.1. The first-order chi connectivity index (χ1) is 36.8. The van der Waals surface area contributed by atoms with E-state index in [1.807, 2.05) is 44.0 Å². The number of benzene rings is 2. The van der Waals surface area contributed by atoms with Crippen molar-refractivity contribution in [1.82, 2.24) is 48.9 Å². The number of hydrogen-bond acceptors (Lipinski definition) is 10. The zero-order valence-electron chi connectivity index (χ0n) is 45.4. The zero-order valence-corrected chi connectivity index (χ0v) is 45.4. The van der Waals surface area contributed by atoms with Crippen LogP contribution in [0.5, 0.6) is 0 Å². The summed E-state index contributed by atoms with van der Waals surface area (Å²) in [4.78, 5) is 27.5. The van der Waals surface area contributed by atoms with Gasteiger partial charge in [0, 0.05) is 129 Å². The maximum absolute atomic E-state index is 15.3. The SMILES string of the molecule is CC.CC.CCC.CCCC(=O)N1CCc2c(c(Nc3cc(C(F)F)c(-c4cnn(C)c4)cc3F)nn2C2CCOCC2)C1.Cn1cc(-c2ccc(Nc3nn(C4CCOC4)c4c3CN(C=O)CC4)cc2C(F)F)cn1. The summed E-state index contributed by atoms with van der Waals surface area (Å²) < 4.78 is 89.3. The summed E-state index contributed by atoms with van der Waals surface area (Å²) in [5.74, 6) is 0.369. The van der Waals surface area contributed by atoms with Gasteiger partial charge in [-0.05, 0) is 61.1 Å². The van der Waals surface area contributed by atoms with Gasteiger partial charge in [-0.15, -0.1) is 0 Å². The molecule has 2 aromatic carbocycles. The summed E-state index contributed by atoms with van der Waals surface area (Å²) in [5.41, 5.74) is 5.45. The van der Waals surface area contributed by atoms with Crippen molar-refractivity contribution in [2.45, 2.75) is 138 Å². The fourth-order valence-corrected chi connectivity index (χ4v) is 9.62. The van der Waals surface area contributed by atoms with Crippen LogP contribution >= 0.6 is 0 Å². The molecule has 8 heterocycles. The van der Waals surface area contributed by atoms with Gasteiger partial charge in [-0.3, -0.25) is 28.3 Å². The Labute approximate surface area is 442 Å². The molecule has 0 saturated carbocycles. The van der Waals surface area contributed by atoms with Gasteiger partial charge in [-0.2, -0.15) is 20.4 Å². The minimum absolute atomic E-state index is 0.0601. The molecule has 4 aliphatic heterocycles. The van der Waals surface area contributed by atoms with Crippen LogP contribution in [0.4, 0.5) is 45.0 Å². The van der Waals surface area contributed by atoms with E-state index in [-0.39, 0.29) is 40.4 Å². The van der Waals surface area contributed by atoms with E-state index in [1.54, 1.807) is 59.3 Å². The Morgan fingerprint density at radius 2 is 1.29 bits per heavy atom. The second-order valence-corrected chi connectivity index (χ2v) is 18.5. The number of carbonyl (C=O) groups is 2. The molecule has 414 valence electrons. The van der Waals surface area contributed by atoms with Gasteiger partial charge >= 0.3 is 0 Å². The highest BCUT2D eigenvalue weighted by Gasteiger charge is 2.33. The Hall–Kier alpha value is -6.61. The van der Waals surface area contributed by atoms with E-state index in [0.717, 1.165) is 66.7 Å². The van der Waals surface area contributed by atoms with Crippen molar-refractivity contribution in [3.8, 4) is 22.3 Å². The number of nitrogens with one attached hydrogen (secondary N) is 2. The van der Waals surface area contributed by atoms with E-state index in [9.17, 15) is 27.2 Å². The molecule has 2 N–H and O–H groups in total. The number of ether oxygens (including phenoxy) is 2. The van der Waals surface area contributed by atoms with Crippen molar-refractivity contribution in [3.05, 3.63) is 94.6 Å². The third-order valence-corrected chi connectivity index (χ3v) is 13.2. The van der Waals surface area contributed by atoms with Gasteiger partial charge in [0.2, 0.25) is 12.3 Å². The number of aromatic nitrogens is 8. The number of halogens is 5. The van der Waals surface area contributed by atoms with E-state index in [4.69, 9.17) is 19.7 Å². The number of aryl methyl sites for hydroxylation is 2. The predicted octanol–water partition coefficient (Wildman–Crippen LogP) is 12.0. The summed E-state index contributed by atoms with van der Waals surface area (Å²) in [7, 11) is 3.42. The summed E-state index contributed by atoms with van der Waals surface area (Å²) in [6, 6.07) is 7.42. The van der Waals surface area contributed by atoms with Crippen molar-refractivity contribution in [2.24, 2.45) is 14.1 Å². The number of rotatable bonds is 13. The molecule has 0 bridgehead atoms. The smallest absolute Gasteiger partial charge is 0.264 e. The largest absolute Gasteiger partial charge is 0.381 e. The maximum atomic E-state index is 15.3. The lowest BCUT2D eigenvalue weighted by Gasteiger charge is -2.30. The van der Waals surface area contributed by atoms with E-state index in [1.165, 1.54) is 23.4 Å². The lowest BCUT2D eigenvalue weighted by molar-refractivity contribution is -0.132. The van der Waals surface area contributed by atoms with Gasteiger partial charge in [0.15, 0.2) is 11.6 Å². The lowest BCUT2D eigenvalue weighted by atomic mass is 10.0. The molecule has 1 atom stereocenters. The molecule has 4 aromatic heterocycles. The van der Waals surface area contributed by atoms with Crippen LogP contribution in [0.3, 0.4) is 0 Å². The Kier molecular flexibility index (Phi) is 21.6.